The van der Waals surface area contributed by atoms with Crippen LogP contribution in [0, 0.1) is 24.4 Å². The molecule has 2 aromatic heterocycles. The first-order valence-electron chi connectivity index (χ1n) is 14.1. The highest BCUT2D eigenvalue weighted by Gasteiger charge is 2.22. The highest BCUT2D eigenvalue weighted by Crippen LogP contribution is 2.20. The van der Waals surface area contributed by atoms with E-state index < -0.39 is 28.9 Å². The molecule has 1 amide bonds. The van der Waals surface area contributed by atoms with E-state index in [9.17, 15) is 22.8 Å². The van der Waals surface area contributed by atoms with Crippen LogP contribution < -0.4 is 16.2 Å². The molecule has 5 aromatic rings. The third kappa shape index (κ3) is 7.13. The molecule has 0 bridgehead atoms. The molecule has 9 nitrogen and oxygen atoms in total. The monoisotopic (exact) mass is 615 g/mol. The number of carbonyl (C=O) groups is 1. The van der Waals surface area contributed by atoms with Gasteiger partial charge in [-0.1, -0.05) is 30.4 Å². The summed E-state index contributed by atoms with van der Waals surface area (Å²) in [7, 11) is 5.60. The number of halogens is 3. The van der Waals surface area contributed by atoms with Gasteiger partial charge in [-0.2, -0.15) is 0 Å². The van der Waals surface area contributed by atoms with Gasteiger partial charge in [0.25, 0.3) is 11.5 Å². The van der Waals surface area contributed by atoms with Crippen LogP contribution in [0.1, 0.15) is 32.7 Å². The Bertz CT molecular complexity index is 1940. The van der Waals surface area contributed by atoms with Gasteiger partial charge in [-0.15, -0.1) is 0 Å². The number of nitrogens with one attached hydrogen (secondary N) is 2. The molecule has 0 aliphatic carbocycles. The van der Waals surface area contributed by atoms with Gasteiger partial charge in [0.2, 0.25) is 5.95 Å². The van der Waals surface area contributed by atoms with Crippen molar-refractivity contribution in [2.75, 3.05) is 26.0 Å². The lowest BCUT2D eigenvalue weighted by Gasteiger charge is -2.10. The number of aromatic nitrogens is 4. The Labute approximate surface area is 257 Å². The van der Waals surface area contributed by atoms with E-state index in [4.69, 9.17) is 0 Å². The van der Waals surface area contributed by atoms with Crippen molar-refractivity contribution in [3.05, 3.63) is 123 Å². The minimum atomic E-state index is -1.58. The summed E-state index contributed by atoms with van der Waals surface area (Å²) in [5.41, 5.74) is 3.43. The highest BCUT2D eigenvalue weighted by molar-refractivity contribution is 5.95. The first-order chi connectivity index (χ1) is 21.5. The number of benzene rings is 3. The van der Waals surface area contributed by atoms with Crippen molar-refractivity contribution >= 4 is 34.5 Å². The first-order valence-corrected chi connectivity index (χ1v) is 14.1. The molecule has 45 heavy (non-hydrogen) atoms. The van der Waals surface area contributed by atoms with Gasteiger partial charge in [0.05, 0.1) is 12.1 Å². The van der Waals surface area contributed by atoms with Crippen molar-refractivity contribution in [2.45, 2.75) is 20.0 Å². The molecule has 0 spiro atoms. The summed E-state index contributed by atoms with van der Waals surface area (Å²) < 4.78 is 43.2. The molecule has 0 atom stereocenters. The Balaban J connectivity index is 1.21. The normalized spacial score (nSPS) is 11.6. The van der Waals surface area contributed by atoms with E-state index in [0.29, 0.717) is 11.6 Å². The highest BCUT2D eigenvalue weighted by atomic mass is 19.2. The van der Waals surface area contributed by atoms with Gasteiger partial charge in [0.15, 0.2) is 17.5 Å². The fourth-order valence-corrected chi connectivity index (χ4v) is 4.91. The van der Waals surface area contributed by atoms with E-state index >= 15 is 0 Å². The standard InChI is InChI=1S/C33H32F3N7O2/c1-20-29(32(45)43(42(20)4)19-23-15-26(34)30(36)27(35)16-23)31(44)37-13-5-6-21-9-12-28-24(14-21)17-38-33(40-28)39-25-10-7-22(8-11-25)18-41(2)3/h5-12,14-17H,13,18-19H2,1-4H3,(H,37,44)(H,38,39,40). The average Bonchev–Trinajstić information content (AvgIpc) is 3.21. The van der Waals surface area contributed by atoms with Crippen LogP contribution in [-0.4, -0.2) is 50.8 Å². The largest absolute Gasteiger partial charge is 0.348 e. The SMILES string of the molecule is Cc1c(C(=O)NCC=Cc2ccc3nc(Nc4ccc(CN(C)C)cc4)ncc3c2)c(=O)n(Cc2cc(F)c(F)c(F)c2)n1C. The fraction of sp³-hybridized carbons (Fsp3) is 0.212. The Morgan fingerprint density at radius 1 is 1.00 bits per heavy atom. The fourth-order valence-electron chi connectivity index (χ4n) is 4.91. The van der Waals surface area contributed by atoms with E-state index in [-0.39, 0.29) is 24.2 Å². The molecule has 3 aromatic carbocycles. The summed E-state index contributed by atoms with van der Waals surface area (Å²) in [5.74, 6) is -4.40. The van der Waals surface area contributed by atoms with Gasteiger partial charge >= 0.3 is 0 Å². The number of rotatable bonds is 10. The zero-order chi connectivity index (χ0) is 32.2. The van der Waals surface area contributed by atoms with Gasteiger partial charge in [0, 0.05) is 43.1 Å². The van der Waals surface area contributed by atoms with Crippen LogP contribution in [0.25, 0.3) is 17.0 Å². The predicted octanol–water partition coefficient (Wildman–Crippen LogP) is 5.15. The molecule has 0 radical (unpaired) electrons. The minimum Gasteiger partial charge on any atom is -0.348 e. The topological polar surface area (TPSA) is 97.1 Å². The van der Waals surface area contributed by atoms with Crippen molar-refractivity contribution in [1.82, 2.24) is 29.5 Å². The Morgan fingerprint density at radius 2 is 1.71 bits per heavy atom. The van der Waals surface area contributed by atoms with E-state index in [0.717, 1.165) is 45.5 Å². The van der Waals surface area contributed by atoms with Gasteiger partial charge < -0.3 is 15.5 Å². The quantitative estimate of drug-likeness (QED) is 0.211. The van der Waals surface area contributed by atoms with Gasteiger partial charge in [0.1, 0.15) is 5.56 Å². The Morgan fingerprint density at radius 3 is 2.40 bits per heavy atom. The van der Waals surface area contributed by atoms with Crippen LogP contribution in [-0.2, 0) is 20.1 Å². The van der Waals surface area contributed by atoms with Crippen LogP contribution in [0.3, 0.4) is 0 Å². The van der Waals surface area contributed by atoms with Crippen LogP contribution in [0.4, 0.5) is 24.8 Å². The zero-order valence-electron chi connectivity index (χ0n) is 25.2. The summed E-state index contributed by atoms with van der Waals surface area (Å²) in [6.45, 7) is 2.35. The Kier molecular flexibility index (Phi) is 9.14. The van der Waals surface area contributed by atoms with Crippen LogP contribution in [0.5, 0.6) is 0 Å². The molecule has 12 heteroatoms. The number of carbonyl (C=O) groups excluding carboxylic acids is 1. The number of nitrogens with zero attached hydrogens (tertiary/aromatic N) is 5. The molecular formula is C33H32F3N7O2. The average molecular weight is 616 g/mol. The molecule has 2 N–H and O–H groups in total. The number of anilines is 2. The maximum Gasteiger partial charge on any atom is 0.280 e. The number of hydrogen-bond donors (Lipinski definition) is 2. The summed E-state index contributed by atoms with van der Waals surface area (Å²) in [5, 5.41) is 6.78. The van der Waals surface area contributed by atoms with Crippen LogP contribution in [0.15, 0.2) is 71.7 Å². The van der Waals surface area contributed by atoms with Crippen LogP contribution in [0.2, 0.25) is 0 Å². The third-order valence-corrected chi connectivity index (χ3v) is 7.26. The third-order valence-electron chi connectivity index (χ3n) is 7.26. The molecular weight excluding hydrogens is 583 g/mol. The van der Waals surface area contributed by atoms with Gasteiger partial charge in [-0.3, -0.25) is 14.3 Å². The van der Waals surface area contributed by atoms with E-state index in [1.54, 1.807) is 26.2 Å². The lowest BCUT2D eigenvalue weighted by Crippen LogP contribution is -2.31. The predicted molar refractivity (Wildman–Crippen MR) is 168 cm³/mol. The van der Waals surface area contributed by atoms with Crippen molar-refractivity contribution in [3.63, 3.8) is 0 Å². The number of amides is 1. The number of fused-ring (bicyclic) bond motifs is 1. The number of hydrogen-bond acceptors (Lipinski definition) is 6. The molecule has 0 aliphatic heterocycles. The van der Waals surface area contributed by atoms with Gasteiger partial charge in [-0.25, -0.2) is 27.8 Å². The van der Waals surface area contributed by atoms with Crippen molar-refractivity contribution in [2.24, 2.45) is 7.05 Å². The second kappa shape index (κ2) is 13.2. The molecule has 0 fully saturated rings. The second-order valence-electron chi connectivity index (χ2n) is 10.9. The lowest BCUT2D eigenvalue weighted by atomic mass is 10.1. The maximum atomic E-state index is 13.7. The van der Waals surface area contributed by atoms with Crippen molar-refractivity contribution in [1.29, 1.82) is 0 Å². The molecule has 0 unspecified atom stereocenters. The zero-order valence-corrected chi connectivity index (χ0v) is 25.2. The Hall–Kier alpha value is -5.23. The summed E-state index contributed by atoms with van der Waals surface area (Å²) in [6, 6.07) is 15.4. The molecule has 2 heterocycles. The summed E-state index contributed by atoms with van der Waals surface area (Å²) >= 11 is 0. The maximum absolute atomic E-state index is 13.7. The molecule has 0 aliphatic rings. The van der Waals surface area contributed by atoms with E-state index in [1.165, 1.54) is 10.2 Å². The first kappa shape index (κ1) is 31.2. The molecule has 232 valence electrons. The summed E-state index contributed by atoms with van der Waals surface area (Å²) in [6.07, 6.45) is 5.31. The van der Waals surface area contributed by atoms with E-state index in [1.807, 2.05) is 50.5 Å². The second-order valence-corrected chi connectivity index (χ2v) is 10.9. The lowest BCUT2D eigenvalue weighted by molar-refractivity contribution is 0.0956. The molecule has 5 rings (SSSR count). The van der Waals surface area contributed by atoms with E-state index in [2.05, 4.69) is 37.6 Å². The summed E-state index contributed by atoms with van der Waals surface area (Å²) in [4.78, 5) is 37.1. The smallest absolute Gasteiger partial charge is 0.280 e. The molecule has 0 saturated heterocycles. The molecule has 0 saturated carbocycles. The van der Waals surface area contributed by atoms with Gasteiger partial charge in [-0.05, 0) is 74.1 Å². The van der Waals surface area contributed by atoms with Crippen molar-refractivity contribution in [3.8, 4) is 0 Å². The van der Waals surface area contributed by atoms with Crippen LogP contribution >= 0.6 is 0 Å². The van der Waals surface area contributed by atoms with Crippen molar-refractivity contribution < 1.29 is 18.0 Å². The minimum absolute atomic E-state index is 0.0442.